The third-order valence-corrected chi connectivity index (χ3v) is 4.23. The monoisotopic (exact) mass is 355 g/mol. The second kappa shape index (κ2) is 11.4. The van der Waals surface area contributed by atoms with Crippen molar-refractivity contribution in [3.8, 4) is 5.75 Å². The molecule has 0 amide bonds. The fourth-order valence-electron chi connectivity index (χ4n) is 2.69. The van der Waals surface area contributed by atoms with E-state index in [1.165, 1.54) is 5.56 Å². The molecule has 0 saturated heterocycles. The minimum Gasteiger partial charge on any atom is -0.490 e. The van der Waals surface area contributed by atoms with Gasteiger partial charge >= 0.3 is 0 Å². The van der Waals surface area contributed by atoms with Crippen molar-refractivity contribution in [1.29, 1.82) is 0 Å². The average Bonchev–Trinajstić information content (AvgIpc) is 2.70. The number of rotatable bonds is 12. The molecule has 0 aliphatic carbocycles. The van der Waals surface area contributed by atoms with Crippen molar-refractivity contribution >= 4 is 5.78 Å². The van der Waals surface area contributed by atoms with E-state index in [2.05, 4.69) is 12.2 Å². The number of Topliss-reactive ketones (excluding diaryl/α,β-unsaturated/α-hetero) is 1. The number of para-hydroxylation sites is 1. The van der Waals surface area contributed by atoms with Crippen LogP contribution >= 0.6 is 0 Å². The van der Waals surface area contributed by atoms with Crippen molar-refractivity contribution in [1.82, 2.24) is 5.32 Å². The first-order valence-electron chi connectivity index (χ1n) is 9.27. The fourth-order valence-corrected chi connectivity index (χ4v) is 2.69. The van der Waals surface area contributed by atoms with Crippen molar-refractivity contribution in [3.63, 3.8) is 0 Å². The Hall–Kier alpha value is -2.17. The third-order valence-electron chi connectivity index (χ3n) is 4.23. The molecule has 2 aromatic rings. The maximum Gasteiger partial charge on any atom is 0.166 e. The number of hydrogen-bond acceptors (Lipinski definition) is 4. The van der Waals surface area contributed by atoms with Crippen molar-refractivity contribution in [2.24, 2.45) is 0 Å². The van der Waals surface area contributed by atoms with Gasteiger partial charge in [0.1, 0.15) is 18.5 Å². The van der Waals surface area contributed by atoms with Gasteiger partial charge in [0.2, 0.25) is 0 Å². The lowest BCUT2D eigenvalue weighted by molar-refractivity contribution is 0.0576. The minimum atomic E-state index is -0.0472. The van der Waals surface area contributed by atoms with Crippen LogP contribution < -0.4 is 10.1 Å². The Labute approximate surface area is 156 Å². The van der Waals surface area contributed by atoms with E-state index in [-0.39, 0.29) is 11.9 Å². The number of ether oxygens (including phenoxy) is 2. The van der Waals surface area contributed by atoms with Crippen LogP contribution in [0.1, 0.15) is 35.7 Å². The van der Waals surface area contributed by atoms with Gasteiger partial charge in [-0.25, -0.2) is 0 Å². The summed E-state index contributed by atoms with van der Waals surface area (Å²) >= 11 is 0. The number of nitrogens with one attached hydrogen (secondary N) is 1. The van der Waals surface area contributed by atoms with Crippen LogP contribution in [0, 0.1) is 0 Å². The molecule has 0 saturated carbocycles. The Morgan fingerprint density at radius 2 is 1.81 bits per heavy atom. The maximum absolute atomic E-state index is 12.6. The Morgan fingerprint density at radius 3 is 2.54 bits per heavy atom. The third kappa shape index (κ3) is 6.62. The Kier molecular flexibility index (Phi) is 8.87. The quantitative estimate of drug-likeness (QED) is 0.463. The molecule has 0 heterocycles. The highest BCUT2D eigenvalue weighted by molar-refractivity contribution is 5.98. The van der Waals surface area contributed by atoms with Gasteiger partial charge in [-0.05, 0) is 37.1 Å². The summed E-state index contributed by atoms with van der Waals surface area (Å²) in [6.07, 6.45) is 2.23. The summed E-state index contributed by atoms with van der Waals surface area (Å²) in [5.41, 5.74) is 1.81. The van der Waals surface area contributed by atoms with Crippen LogP contribution in [-0.4, -0.2) is 38.7 Å². The summed E-state index contributed by atoms with van der Waals surface area (Å²) < 4.78 is 11.4. The van der Waals surface area contributed by atoms with E-state index >= 15 is 0 Å². The molecule has 1 atom stereocenters. The fraction of sp³-hybridized carbons (Fsp3) is 0.409. The van der Waals surface area contributed by atoms with Crippen molar-refractivity contribution in [2.75, 3.05) is 26.8 Å². The number of carbonyl (C=O) groups excluding carboxylic acids is 1. The molecule has 4 nitrogen and oxygen atoms in total. The van der Waals surface area contributed by atoms with E-state index in [4.69, 9.17) is 9.47 Å². The zero-order chi connectivity index (χ0) is 18.6. The first kappa shape index (κ1) is 20.1. The van der Waals surface area contributed by atoms with Gasteiger partial charge in [0.15, 0.2) is 5.78 Å². The molecule has 0 aliphatic rings. The molecular weight excluding hydrogens is 326 g/mol. The molecule has 0 spiro atoms. The van der Waals surface area contributed by atoms with Crippen molar-refractivity contribution in [2.45, 2.75) is 32.3 Å². The number of carbonyl (C=O) groups is 1. The molecule has 26 heavy (non-hydrogen) atoms. The Balaban J connectivity index is 1.92. The van der Waals surface area contributed by atoms with E-state index in [0.717, 1.165) is 25.9 Å². The van der Waals surface area contributed by atoms with Crippen LogP contribution in [0.4, 0.5) is 0 Å². The molecular formula is C22H29NO3. The minimum absolute atomic E-state index is 0.0472. The van der Waals surface area contributed by atoms with Gasteiger partial charge < -0.3 is 14.8 Å². The van der Waals surface area contributed by atoms with E-state index < -0.39 is 0 Å². The van der Waals surface area contributed by atoms with Gasteiger partial charge in [0.25, 0.3) is 0 Å². The van der Waals surface area contributed by atoms with E-state index in [9.17, 15) is 4.79 Å². The van der Waals surface area contributed by atoms with Gasteiger partial charge in [0, 0.05) is 20.1 Å². The summed E-state index contributed by atoms with van der Waals surface area (Å²) in [5, 5.41) is 3.33. The standard InChI is InChI=1S/C22H29NO3/c1-3-15-23-16-19(25-2)17-26-22-12-8-7-11-20(22)21(24)14-13-18-9-5-4-6-10-18/h4-12,19,23H,3,13-17H2,1-2H3. The molecule has 4 heteroatoms. The number of ketones is 1. The van der Waals surface area contributed by atoms with Gasteiger partial charge in [0.05, 0.1) is 5.56 Å². The highest BCUT2D eigenvalue weighted by atomic mass is 16.5. The predicted octanol–water partition coefficient (Wildman–Crippen LogP) is 3.90. The summed E-state index contributed by atoms with van der Waals surface area (Å²) in [4.78, 5) is 12.6. The molecule has 0 bridgehead atoms. The molecule has 1 N–H and O–H groups in total. The van der Waals surface area contributed by atoms with Gasteiger partial charge in [-0.3, -0.25) is 4.79 Å². The molecule has 0 radical (unpaired) electrons. The molecule has 140 valence electrons. The highest BCUT2D eigenvalue weighted by Gasteiger charge is 2.14. The normalized spacial score (nSPS) is 11.9. The van der Waals surface area contributed by atoms with E-state index in [0.29, 0.717) is 24.3 Å². The van der Waals surface area contributed by atoms with Crippen LogP contribution in [0.5, 0.6) is 5.75 Å². The zero-order valence-electron chi connectivity index (χ0n) is 15.7. The summed E-state index contributed by atoms with van der Waals surface area (Å²) in [6, 6.07) is 17.5. The van der Waals surface area contributed by atoms with Crippen LogP contribution in [0.2, 0.25) is 0 Å². The predicted molar refractivity (Wildman–Crippen MR) is 105 cm³/mol. The summed E-state index contributed by atoms with van der Waals surface area (Å²) in [7, 11) is 1.68. The zero-order valence-corrected chi connectivity index (χ0v) is 15.7. The lowest BCUT2D eigenvalue weighted by Gasteiger charge is -2.18. The van der Waals surface area contributed by atoms with Crippen LogP contribution in [0.25, 0.3) is 0 Å². The first-order chi connectivity index (χ1) is 12.7. The number of benzene rings is 2. The highest BCUT2D eigenvalue weighted by Crippen LogP contribution is 2.21. The van der Waals surface area contributed by atoms with Crippen LogP contribution in [0.15, 0.2) is 54.6 Å². The summed E-state index contributed by atoms with van der Waals surface area (Å²) in [5.74, 6) is 0.727. The largest absolute Gasteiger partial charge is 0.490 e. The average molecular weight is 355 g/mol. The van der Waals surface area contributed by atoms with Crippen molar-refractivity contribution in [3.05, 3.63) is 65.7 Å². The van der Waals surface area contributed by atoms with Gasteiger partial charge in [-0.1, -0.05) is 49.4 Å². The smallest absolute Gasteiger partial charge is 0.166 e. The topological polar surface area (TPSA) is 47.6 Å². The van der Waals surface area contributed by atoms with Crippen molar-refractivity contribution < 1.29 is 14.3 Å². The molecule has 1 unspecified atom stereocenters. The van der Waals surface area contributed by atoms with Gasteiger partial charge in [-0.2, -0.15) is 0 Å². The van der Waals surface area contributed by atoms with Crippen LogP contribution in [-0.2, 0) is 11.2 Å². The maximum atomic E-state index is 12.6. The SMILES string of the molecule is CCCNCC(COc1ccccc1C(=O)CCc1ccccc1)OC. The molecule has 0 fully saturated rings. The number of methoxy groups -OCH3 is 1. The summed E-state index contributed by atoms with van der Waals surface area (Å²) in [6.45, 7) is 4.22. The van der Waals surface area contributed by atoms with Gasteiger partial charge in [-0.15, -0.1) is 0 Å². The molecule has 2 aromatic carbocycles. The Bertz CT molecular complexity index is 657. The second-order valence-electron chi connectivity index (χ2n) is 6.28. The second-order valence-corrected chi connectivity index (χ2v) is 6.28. The van der Waals surface area contributed by atoms with Crippen LogP contribution in [0.3, 0.4) is 0 Å². The molecule has 2 rings (SSSR count). The molecule has 0 aromatic heterocycles. The lowest BCUT2D eigenvalue weighted by Crippen LogP contribution is -2.33. The Morgan fingerprint density at radius 1 is 1.08 bits per heavy atom. The van der Waals surface area contributed by atoms with E-state index in [1.54, 1.807) is 7.11 Å². The number of hydrogen-bond donors (Lipinski definition) is 1. The lowest BCUT2D eigenvalue weighted by atomic mass is 10.0. The van der Waals surface area contributed by atoms with E-state index in [1.807, 2.05) is 54.6 Å². The number of aryl methyl sites for hydroxylation is 1. The molecule has 0 aliphatic heterocycles. The first-order valence-corrected chi connectivity index (χ1v) is 9.27.